The molecule has 3 aromatic rings. The SMILES string of the molecule is CN1CCOc2cc(-c3ccccc3-c3csc(N(C)C(=O)[C@@H](CC(=O)O)CC4CCOCC4)n3)cnc21. The van der Waals surface area contributed by atoms with E-state index in [1.54, 1.807) is 7.05 Å². The van der Waals surface area contributed by atoms with Crippen LogP contribution in [0.25, 0.3) is 22.4 Å². The number of carboxylic acids is 1. The van der Waals surface area contributed by atoms with Gasteiger partial charge in [0.25, 0.3) is 0 Å². The molecule has 1 atom stereocenters. The van der Waals surface area contributed by atoms with Gasteiger partial charge in [0.1, 0.15) is 6.61 Å². The Morgan fingerprint density at radius 2 is 1.97 bits per heavy atom. The smallest absolute Gasteiger partial charge is 0.304 e. The number of aliphatic carboxylic acids is 1. The third-order valence-corrected chi connectivity index (χ3v) is 8.15. The highest BCUT2D eigenvalue weighted by atomic mass is 32.1. The fourth-order valence-corrected chi connectivity index (χ4v) is 5.91. The van der Waals surface area contributed by atoms with Crippen LogP contribution in [0.1, 0.15) is 25.7 Å². The Morgan fingerprint density at radius 1 is 1.21 bits per heavy atom. The number of aromatic nitrogens is 2. The van der Waals surface area contributed by atoms with Crippen LogP contribution in [0.5, 0.6) is 5.75 Å². The van der Waals surface area contributed by atoms with Gasteiger partial charge in [-0.2, -0.15) is 0 Å². The molecule has 0 aliphatic carbocycles. The van der Waals surface area contributed by atoms with Gasteiger partial charge in [-0.05, 0) is 36.8 Å². The van der Waals surface area contributed by atoms with Crippen molar-refractivity contribution in [1.82, 2.24) is 9.97 Å². The average Bonchev–Trinajstić information content (AvgIpc) is 3.42. The number of ether oxygens (including phenoxy) is 2. The van der Waals surface area contributed by atoms with E-state index in [4.69, 9.17) is 14.5 Å². The first-order chi connectivity index (χ1) is 18.4. The molecule has 2 aromatic heterocycles. The first kappa shape index (κ1) is 26.1. The number of hydrogen-bond acceptors (Lipinski definition) is 8. The molecule has 1 amide bonds. The number of likely N-dealkylation sites (N-methyl/N-ethyl adjacent to an activating group) is 1. The van der Waals surface area contributed by atoms with Gasteiger partial charge < -0.3 is 19.5 Å². The second-order valence-electron chi connectivity index (χ2n) is 9.86. The fourth-order valence-electron chi connectivity index (χ4n) is 5.11. The molecular weight excluding hydrogens is 504 g/mol. The minimum atomic E-state index is -0.966. The molecule has 4 heterocycles. The predicted molar refractivity (Wildman–Crippen MR) is 147 cm³/mol. The summed E-state index contributed by atoms with van der Waals surface area (Å²) >= 11 is 1.37. The highest BCUT2D eigenvalue weighted by Gasteiger charge is 2.30. The number of benzene rings is 1. The van der Waals surface area contributed by atoms with E-state index in [2.05, 4.69) is 9.88 Å². The first-order valence-electron chi connectivity index (χ1n) is 12.9. The largest absolute Gasteiger partial charge is 0.488 e. The zero-order valence-corrected chi connectivity index (χ0v) is 22.4. The quantitative estimate of drug-likeness (QED) is 0.446. The van der Waals surface area contributed by atoms with Crippen LogP contribution in [-0.4, -0.2) is 67.4 Å². The van der Waals surface area contributed by atoms with Gasteiger partial charge in [-0.15, -0.1) is 11.3 Å². The first-order valence-corrected chi connectivity index (χ1v) is 13.7. The molecule has 0 radical (unpaired) electrons. The number of fused-ring (bicyclic) bond motifs is 1. The van der Waals surface area contributed by atoms with E-state index in [0.717, 1.165) is 53.3 Å². The maximum absolute atomic E-state index is 13.4. The summed E-state index contributed by atoms with van der Waals surface area (Å²) in [7, 11) is 3.68. The Hall–Kier alpha value is -3.50. The maximum Gasteiger partial charge on any atom is 0.304 e. The number of carbonyl (C=O) groups excluding carboxylic acids is 1. The molecule has 2 aliphatic rings. The zero-order valence-electron chi connectivity index (χ0n) is 21.6. The lowest BCUT2D eigenvalue weighted by Crippen LogP contribution is -2.35. The van der Waals surface area contributed by atoms with Crippen molar-refractivity contribution in [1.29, 1.82) is 0 Å². The van der Waals surface area contributed by atoms with E-state index in [1.807, 2.05) is 49.0 Å². The minimum absolute atomic E-state index is 0.190. The van der Waals surface area contributed by atoms with Crippen molar-refractivity contribution < 1.29 is 24.2 Å². The van der Waals surface area contributed by atoms with Crippen LogP contribution in [0, 0.1) is 11.8 Å². The summed E-state index contributed by atoms with van der Waals surface area (Å²) in [6.07, 6.45) is 3.90. The normalized spacial score (nSPS) is 16.4. The van der Waals surface area contributed by atoms with Gasteiger partial charge >= 0.3 is 5.97 Å². The molecule has 0 bridgehead atoms. The number of rotatable bonds is 8. The van der Waals surface area contributed by atoms with Gasteiger partial charge in [-0.1, -0.05) is 24.3 Å². The highest BCUT2D eigenvalue weighted by molar-refractivity contribution is 7.14. The minimum Gasteiger partial charge on any atom is -0.488 e. The lowest BCUT2D eigenvalue weighted by molar-refractivity contribution is -0.141. The molecule has 0 unspecified atom stereocenters. The molecule has 5 rings (SSSR count). The van der Waals surface area contributed by atoms with Crippen molar-refractivity contribution in [3.63, 3.8) is 0 Å². The third kappa shape index (κ3) is 5.66. The number of thiazole rings is 1. The van der Waals surface area contributed by atoms with Crippen molar-refractivity contribution in [2.75, 3.05) is 50.3 Å². The van der Waals surface area contributed by atoms with Gasteiger partial charge in [0, 0.05) is 55.9 Å². The van der Waals surface area contributed by atoms with E-state index < -0.39 is 11.9 Å². The predicted octanol–water partition coefficient (Wildman–Crippen LogP) is 4.57. The van der Waals surface area contributed by atoms with Gasteiger partial charge in [-0.25, -0.2) is 9.97 Å². The molecule has 9 nitrogen and oxygen atoms in total. The fraction of sp³-hybridized carbons (Fsp3) is 0.429. The van der Waals surface area contributed by atoms with Crippen molar-refractivity contribution in [3.05, 3.63) is 41.9 Å². The molecule has 0 saturated carbocycles. The zero-order chi connectivity index (χ0) is 26.6. The lowest BCUT2D eigenvalue weighted by atomic mass is 9.86. The number of carboxylic acid groups (broad SMARTS) is 1. The molecule has 1 N–H and O–H groups in total. The molecule has 200 valence electrons. The number of hydrogen-bond donors (Lipinski definition) is 1. The molecule has 38 heavy (non-hydrogen) atoms. The van der Waals surface area contributed by atoms with Gasteiger partial charge in [0.15, 0.2) is 16.7 Å². The molecule has 1 aromatic carbocycles. The van der Waals surface area contributed by atoms with Crippen LogP contribution in [0.15, 0.2) is 41.9 Å². The Labute approximate surface area is 226 Å². The van der Waals surface area contributed by atoms with E-state index >= 15 is 0 Å². The standard InChI is InChI=1S/C28H32N4O5S/c1-31-9-12-37-24-14-20(16-29-26(24)31)21-5-3-4-6-22(21)23-17-38-28(30-23)32(2)27(35)19(15-25(33)34)13-18-7-10-36-11-8-18/h3-6,14,16-19H,7-13,15H2,1-2H3,(H,33,34)/t19-/m1/s1. The van der Waals surface area contributed by atoms with E-state index in [-0.39, 0.29) is 18.2 Å². The Kier molecular flexibility index (Phi) is 7.90. The Morgan fingerprint density at radius 3 is 2.74 bits per heavy atom. The molecule has 1 fully saturated rings. The van der Waals surface area contributed by atoms with Crippen LogP contribution in [0.4, 0.5) is 10.9 Å². The monoisotopic (exact) mass is 536 g/mol. The second-order valence-corrected chi connectivity index (χ2v) is 10.7. The van der Waals surface area contributed by atoms with Gasteiger partial charge in [-0.3, -0.25) is 14.5 Å². The number of carbonyl (C=O) groups is 2. The van der Waals surface area contributed by atoms with E-state index in [1.165, 1.54) is 16.2 Å². The van der Waals surface area contributed by atoms with Crippen LogP contribution in [-0.2, 0) is 14.3 Å². The van der Waals surface area contributed by atoms with Gasteiger partial charge in [0.2, 0.25) is 5.91 Å². The topological polar surface area (TPSA) is 105 Å². The Balaban J connectivity index is 1.38. The van der Waals surface area contributed by atoms with Crippen LogP contribution >= 0.6 is 11.3 Å². The Bertz CT molecular complexity index is 1310. The molecule has 2 aliphatic heterocycles. The van der Waals surface area contributed by atoms with Crippen molar-refractivity contribution >= 4 is 34.2 Å². The summed E-state index contributed by atoms with van der Waals surface area (Å²) in [5.74, 6) is 0.0901. The summed E-state index contributed by atoms with van der Waals surface area (Å²) in [6, 6.07) is 9.96. The summed E-state index contributed by atoms with van der Waals surface area (Å²) in [4.78, 5) is 38.0. The molecule has 0 spiro atoms. The van der Waals surface area contributed by atoms with Crippen LogP contribution in [0.2, 0.25) is 0 Å². The number of nitrogens with zero attached hydrogens (tertiary/aromatic N) is 4. The molecule has 10 heteroatoms. The van der Waals surface area contributed by atoms with Crippen LogP contribution < -0.4 is 14.5 Å². The maximum atomic E-state index is 13.4. The summed E-state index contributed by atoms with van der Waals surface area (Å²) in [5, 5.41) is 11.9. The molecular formula is C28H32N4O5S. The number of anilines is 2. The van der Waals surface area contributed by atoms with Gasteiger partial charge in [0.05, 0.1) is 18.7 Å². The number of pyridine rings is 1. The summed E-state index contributed by atoms with van der Waals surface area (Å²) in [5.41, 5.74) is 3.56. The van der Waals surface area contributed by atoms with E-state index in [9.17, 15) is 14.7 Å². The lowest BCUT2D eigenvalue weighted by Gasteiger charge is -2.27. The summed E-state index contributed by atoms with van der Waals surface area (Å²) < 4.78 is 11.3. The third-order valence-electron chi connectivity index (χ3n) is 7.23. The highest BCUT2D eigenvalue weighted by Crippen LogP contribution is 2.38. The average molecular weight is 537 g/mol. The van der Waals surface area contributed by atoms with Crippen LogP contribution in [0.3, 0.4) is 0 Å². The second kappa shape index (κ2) is 11.5. The van der Waals surface area contributed by atoms with Crippen molar-refractivity contribution in [2.45, 2.75) is 25.7 Å². The number of amides is 1. The van der Waals surface area contributed by atoms with Crippen molar-refractivity contribution in [3.8, 4) is 28.1 Å². The molecule has 1 saturated heterocycles. The van der Waals surface area contributed by atoms with Crippen molar-refractivity contribution in [2.24, 2.45) is 11.8 Å². The van der Waals surface area contributed by atoms with E-state index in [0.29, 0.717) is 31.4 Å². The summed E-state index contributed by atoms with van der Waals surface area (Å²) in [6.45, 7) is 2.73.